The van der Waals surface area contributed by atoms with Crippen LogP contribution in [-0.4, -0.2) is 63.0 Å². The maximum Gasteiger partial charge on any atom is 0.420 e. The second-order valence-corrected chi connectivity index (χ2v) is 6.23. The molecule has 6 nitrogen and oxygen atoms in total. The predicted octanol–water partition coefficient (Wildman–Crippen LogP) is 2.66. The van der Waals surface area contributed by atoms with Crippen LogP contribution in [0.5, 0.6) is 11.5 Å². The van der Waals surface area contributed by atoms with E-state index in [1.165, 1.54) is 32.3 Å². The maximum absolute atomic E-state index is 13.5. The molecule has 0 N–H and O–H groups in total. The average Bonchev–Trinajstić information content (AvgIpc) is 3.09. The van der Waals surface area contributed by atoms with E-state index in [4.69, 9.17) is 31.2 Å². The Morgan fingerprint density at radius 2 is 1.85 bits per heavy atom. The minimum atomic E-state index is -4.67. The number of halogens is 3. The van der Waals surface area contributed by atoms with Crippen LogP contribution in [0.2, 0.25) is 0 Å². The third-order valence-electron chi connectivity index (χ3n) is 4.36. The van der Waals surface area contributed by atoms with E-state index >= 15 is 0 Å². The Bertz CT molecular complexity index is 725. The van der Waals surface area contributed by atoms with Gasteiger partial charge in [0.1, 0.15) is 16.6 Å². The highest BCUT2D eigenvalue weighted by Gasteiger charge is 2.41. The number of carbonyl (C=O) groups excluding carboxylic acids is 1. The molecular weight excluding hydrogens is 387 g/mol. The number of methoxy groups -OCH3 is 4. The normalized spacial score (nSPS) is 19.7. The third kappa shape index (κ3) is 4.27. The molecule has 1 heterocycles. The molecule has 2 rings (SSSR count). The summed E-state index contributed by atoms with van der Waals surface area (Å²) < 4.78 is 60.4. The first kappa shape index (κ1) is 21.2. The zero-order valence-electron chi connectivity index (χ0n) is 15.3. The predicted molar refractivity (Wildman–Crippen MR) is 94.2 cm³/mol. The van der Waals surface area contributed by atoms with Crippen molar-refractivity contribution in [1.82, 2.24) is 4.90 Å². The smallest absolute Gasteiger partial charge is 0.420 e. The number of esters is 1. The molecule has 1 aliphatic rings. The summed E-state index contributed by atoms with van der Waals surface area (Å²) in [6.45, 7) is 0.255. The van der Waals surface area contributed by atoms with Gasteiger partial charge in [-0.3, -0.25) is 0 Å². The Kier molecular flexibility index (Phi) is 6.53. The van der Waals surface area contributed by atoms with Crippen LogP contribution in [0.1, 0.15) is 17.5 Å². The Hall–Kier alpha value is -2.07. The van der Waals surface area contributed by atoms with Crippen molar-refractivity contribution in [2.24, 2.45) is 0 Å². The standard InChI is InChI=1S/C17H20F3NO5S/c1-23-10-7-12(16(22)26-4)21(8-10)15(27)9-5-11(17(18,19)20)14(25-3)13(6-9)24-2/h5-6,10,12H,7-8H2,1-4H3. The average molecular weight is 407 g/mol. The van der Waals surface area contributed by atoms with Crippen LogP contribution in [0, 0.1) is 0 Å². The van der Waals surface area contributed by atoms with Crippen LogP contribution >= 0.6 is 12.2 Å². The molecule has 1 saturated heterocycles. The fourth-order valence-corrected chi connectivity index (χ4v) is 3.34. The van der Waals surface area contributed by atoms with Gasteiger partial charge in [0.15, 0.2) is 11.5 Å². The van der Waals surface area contributed by atoms with E-state index in [1.807, 2.05) is 0 Å². The lowest BCUT2D eigenvalue weighted by Gasteiger charge is -2.26. The first-order valence-corrected chi connectivity index (χ1v) is 8.33. The second-order valence-electron chi connectivity index (χ2n) is 5.85. The fraction of sp³-hybridized carbons (Fsp3) is 0.529. The summed E-state index contributed by atoms with van der Waals surface area (Å²) in [5.41, 5.74) is -0.931. The van der Waals surface area contributed by atoms with Gasteiger partial charge in [0.2, 0.25) is 0 Å². The van der Waals surface area contributed by atoms with Crippen LogP contribution in [0.4, 0.5) is 13.2 Å². The summed E-state index contributed by atoms with van der Waals surface area (Å²) >= 11 is 5.39. The molecule has 0 saturated carbocycles. The van der Waals surface area contributed by atoms with E-state index in [9.17, 15) is 18.0 Å². The Labute approximate surface area is 160 Å². The lowest BCUT2D eigenvalue weighted by atomic mass is 10.1. The van der Waals surface area contributed by atoms with Gasteiger partial charge < -0.3 is 23.8 Å². The number of rotatable bonds is 5. The van der Waals surface area contributed by atoms with Crippen molar-refractivity contribution in [3.05, 3.63) is 23.3 Å². The molecular formula is C17H20F3NO5S. The number of hydrogen-bond donors (Lipinski definition) is 0. The van der Waals surface area contributed by atoms with Gasteiger partial charge in [-0.15, -0.1) is 0 Å². The summed E-state index contributed by atoms with van der Waals surface area (Å²) in [6, 6.07) is 1.50. The molecule has 0 amide bonds. The van der Waals surface area contributed by atoms with E-state index in [2.05, 4.69) is 0 Å². The summed E-state index contributed by atoms with van der Waals surface area (Å²) in [5.74, 6) is -1.08. The van der Waals surface area contributed by atoms with Crippen LogP contribution in [0.3, 0.4) is 0 Å². The number of alkyl halides is 3. The molecule has 2 atom stereocenters. The molecule has 1 aromatic carbocycles. The quantitative estimate of drug-likeness (QED) is 0.549. The Balaban J connectivity index is 2.50. The van der Waals surface area contributed by atoms with E-state index < -0.39 is 29.5 Å². The number of hydrogen-bond acceptors (Lipinski definition) is 6. The van der Waals surface area contributed by atoms with Crippen molar-refractivity contribution in [1.29, 1.82) is 0 Å². The van der Waals surface area contributed by atoms with Gasteiger partial charge in [-0.05, 0) is 12.1 Å². The summed E-state index contributed by atoms with van der Waals surface area (Å²) in [5, 5.41) is 0. The molecule has 150 valence electrons. The largest absolute Gasteiger partial charge is 0.493 e. The first-order valence-electron chi connectivity index (χ1n) is 7.92. The number of nitrogens with zero attached hydrogens (tertiary/aromatic N) is 1. The van der Waals surface area contributed by atoms with E-state index in [0.29, 0.717) is 6.42 Å². The zero-order chi connectivity index (χ0) is 20.4. The number of ether oxygens (including phenoxy) is 4. The number of likely N-dealkylation sites (tertiary alicyclic amines) is 1. The van der Waals surface area contributed by atoms with Crippen molar-refractivity contribution in [2.45, 2.75) is 24.7 Å². The van der Waals surface area contributed by atoms with Crippen molar-refractivity contribution in [3.63, 3.8) is 0 Å². The monoisotopic (exact) mass is 407 g/mol. The van der Waals surface area contributed by atoms with Gasteiger partial charge >= 0.3 is 12.1 Å². The highest BCUT2D eigenvalue weighted by molar-refractivity contribution is 7.80. The molecule has 2 unspecified atom stereocenters. The topological polar surface area (TPSA) is 57.2 Å². The minimum absolute atomic E-state index is 0.0661. The Morgan fingerprint density at radius 3 is 2.33 bits per heavy atom. The molecule has 1 fully saturated rings. The van der Waals surface area contributed by atoms with Crippen molar-refractivity contribution in [3.8, 4) is 11.5 Å². The third-order valence-corrected chi connectivity index (χ3v) is 4.83. The SMILES string of the molecule is COC(=O)C1CC(OC)CN1C(=S)c1cc(OC)c(OC)c(C(F)(F)F)c1. The van der Waals surface area contributed by atoms with Gasteiger partial charge in [0.05, 0.1) is 27.4 Å². The molecule has 27 heavy (non-hydrogen) atoms. The molecule has 10 heteroatoms. The van der Waals surface area contributed by atoms with Crippen molar-refractivity contribution >= 4 is 23.2 Å². The summed E-state index contributed by atoms with van der Waals surface area (Å²) in [4.78, 5) is 13.6. The fourth-order valence-electron chi connectivity index (χ4n) is 3.02. The number of carbonyl (C=O) groups is 1. The van der Waals surface area contributed by atoms with E-state index in [1.54, 1.807) is 0 Å². The second kappa shape index (κ2) is 8.30. The minimum Gasteiger partial charge on any atom is -0.493 e. The lowest BCUT2D eigenvalue weighted by molar-refractivity contribution is -0.144. The number of benzene rings is 1. The van der Waals surface area contributed by atoms with Crippen molar-refractivity contribution < 1.29 is 36.9 Å². The summed E-state index contributed by atoms with van der Waals surface area (Å²) in [6.07, 6.45) is -4.65. The lowest BCUT2D eigenvalue weighted by Crippen LogP contribution is -2.40. The molecule has 1 aromatic rings. The van der Waals surface area contributed by atoms with Crippen LogP contribution in [0.25, 0.3) is 0 Å². The highest BCUT2D eigenvalue weighted by atomic mass is 32.1. The first-order chi connectivity index (χ1) is 12.7. The van der Waals surface area contributed by atoms with Crippen molar-refractivity contribution in [2.75, 3.05) is 35.0 Å². The van der Waals surface area contributed by atoms with Crippen LogP contribution < -0.4 is 9.47 Å². The molecule has 0 radical (unpaired) electrons. The van der Waals surface area contributed by atoms with Gasteiger partial charge in [-0.1, -0.05) is 12.2 Å². The van der Waals surface area contributed by atoms with E-state index in [-0.39, 0.29) is 29.0 Å². The van der Waals surface area contributed by atoms with Gasteiger partial charge in [-0.2, -0.15) is 13.2 Å². The molecule has 0 bridgehead atoms. The zero-order valence-corrected chi connectivity index (χ0v) is 16.1. The molecule has 0 spiro atoms. The molecule has 0 aromatic heterocycles. The Morgan fingerprint density at radius 1 is 1.19 bits per heavy atom. The van der Waals surface area contributed by atoms with Crippen LogP contribution in [0.15, 0.2) is 12.1 Å². The van der Waals surface area contributed by atoms with Crippen LogP contribution in [-0.2, 0) is 20.4 Å². The molecule has 0 aliphatic carbocycles. The van der Waals surface area contributed by atoms with E-state index in [0.717, 1.165) is 13.2 Å². The van der Waals surface area contributed by atoms with Gasteiger partial charge in [0, 0.05) is 25.6 Å². The van der Waals surface area contributed by atoms with Gasteiger partial charge in [0.25, 0.3) is 0 Å². The molecule has 1 aliphatic heterocycles. The maximum atomic E-state index is 13.5. The van der Waals surface area contributed by atoms with Gasteiger partial charge in [-0.25, -0.2) is 4.79 Å². The summed E-state index contributed by atoms with van der Waals surface area (Å²) in [7, 11) is 5.09. The number of thiocarbonyl (C=S) groups is 1. The highest BCUT2D eigenvalue weighted by Crippen LogP contribution is 2.43.